The highest BCUT2D eigenvalue weighted by Crippen LogP contribution is 2.52. The topological polar surface area (TPSA) is 38.2 Å². The third kappa shape index (κ3) is 3.48. The van der Waals surface area contributed by atoms with Gasteiger partial charge in [0, 0.05) is 45.1 Å². The first-order valence-electron chi connectivity index (χ1n) is 14.4. The van der Waals surface area contributed by atoms with E-state index in [2.05, 4.69) is 96.0 Å². The molecule has 0 bridgehead atoms. The van der Waals surface area contributed by atoms with Crippen LogP contribution in [0.2, 0.25) is 0 Å². The molecule has 4 heterocycles. The van der Waals surface area contributed by atoms with Crippen LogP contribution >= 0.6 is 11.8 Å². The highest BCUT2D eigenvalue weighted by atomic mass is 32.2. The van der Waals surface area contributed by atoms with Crippen LogP contribution in [0.15, 0.2) is 120 Å². The molecule has 5 heteroatoms. The summed E-state index contributed by atoms with van der Waals surface area (Å²) in [6.45, 7) is 0. The van der Waals surface area contributed by atoms with E-state index in [4.69, 9.17) is 14.7 Å². The van der Waals surface area contributed by atoms with Crippen molar-refractivity contribution in [3.8, 4) is 16.9 Å². The monoisotopic (exact) mass is 549 g/mol. The van der Waals surface area contributed by atoms with Crippen molar-refractivity contribution in [3.05, 3.63) is 121 Å². The first-order chi connectivity index (χ1) is 20.3. The zero-order valence-corrected chi connectivity index (χ0v) is 23.2. The predicted octanol–water partition coefficient (Wildman–Crippen LogP) is 8.75. The van der Waals surface area contributed by atoms with E-state index in [0.717, 1.165) is 57.2 Å². The largest absolute Gasteiger partial charge is 0.485 e. The molecule has 5 aromatic rings. The first-order valence-corrected chi connectivity index (χ1v) is 15.3. The Morgan fingerprint density at radius 3 is 2.63 bits per heavy atom. The predicted molar refractivity (Wildman–Crippen MR) is 168 cm³/mol. The molecule has 4 aliphatic rings. The SMILES string of the molecule is C1=CC2Sc3ccccc3N(c3c4cccnc4c(-c4ccc5c(c4)OC4C=CCCC54)c4cccnc34)C2C=C1. The summed E-state index contributed by atoms with van der Waals surface area (Å²) in [5.74, 6) is 1.44. The van der Waals surface area contributed by atoms with Crippen molar-refractivity contribution in [3.63, 3.8) is 0 Å². The Balaban J connectivity index is 1.32. The number of hydrogen-bond acceptors (Lipinski definition) is 5. The zero-order chi connectivity index (χ0) is 26.9. The fourth-order valence-electron chi connectivity index (χ4n) is 7.14. The molecular weight excluding hydrogens is 522 g/mol. The summed E-state index contributed by atoms with van der Waals surface area (Å²) in [5.41, 5.74) is 7.86. The van der Waals surface area contributed by atoms with E-state index in [-0.39, 0.29) is 12.1 Å². The number of nitrogens with zero attached hydrogens (tertiary/aromatic N) is 3. The van der Waals surface area contributed by atoms with Crippen molar-refractivity contribution in [2.75, 3.05) is 4.90 Å². The van der Waals surface area contributed by atoms with Gasteiger partial charge in [0.15, 0.2) is 0 Å². The molecule has 0 N–H and O–H groups in total. The van der Waals surface area contributed by atoms with Crippen LogP contribution in [-0.4, -0.2) is 27.4 Å². The summed E-state index contributed by atoms with van der Waals surface area (Å²) in [6, 6.07) is 24.2. The van der Waals surface area contributed by atoms with Crippen LogP contribution in [0, 0.1) is 0 Å². The molecule has 4 nitrogen and oxygen atoms in total. The minimum absolute atomic E-state index is 0.146. The number of thioether (sulfide) groups is 1. The van der Waals surface area contributed by atoms with Crippen molar-refractivity contribution in [2.24, 2.45) is 0 Å². The number of hydrogen-bond donors (Lipinski definition) is 0. The van der Waals surface area contributed by atoms with E-state index in [1.54, 1.807) is 0 Å². The van der Waals surface area contributed by atoms with Crippen molar-refractivity contribution < 1.29 is 4.74 Å². The van der Waals surface area contributed by atoms with Crippen molar-refractivity contribution in [1.29, 1.82) is 0 Å². The maximum atomic E-state index is 6.47. The van der Waals surface area contributed by atoms with E-state index in [1.165, 1.54) is 16.1 Å². The summed E-state index contributed by atoms with van der Waals surface area (Å²) in [7, 11) is 0. The second kappa shape index (κ2) is 9.08. The fraction of sp³-hybridized carbons (Fsp3) is 0.167. The maximum absolute atomic E-state index is 6.47. The van der Waals surface area contributed by atoms with E-state index in [0.29, 0.717) is 11.2 Å². The number of allylic oxidation sites excluding steroid dienone is 3. The summed E-state index contributed by atoms with van der Waals surface area (Å²) < 4.78 is 6.47. The minimum atomic E-state index is 0.146. The van der Waals surface area contributed by atoms with Gasteiger partial charge in [0.2, 0.25) is 0 Å². The molecule has 0 saturated heterocycles. The average molecular weight is 550 g/mol. The van der Waals surface area contributed by atoms with Crippen LogP contribution < -0.4 is 9.64 Å². The van der Waals surface area contributed by atoms with E-state index >= 15 is 0 Å². The Hall–Kier alpha value is -4.35. The van der Waals surface area contributed by atoms with Gasteiger partial charge in [0.25, 0.3) is 0 Å². The van der Waals surface area contributed by atoms with Crippen LogP contribution in [0.25, 0.3) is 32.9 Å². The first kappa shape index (κ1) is 23.4. The van der Waals surface area contributed by atoms with Gasteiger partial charge in [0.05, 0.1) is 33.7 Å². The molecule has 3 aromatic carbocycles. The Bertz CT molecular complexity index is 1900. The molecule has 0 fully saturated rings. The zero-order valence-electron chi connectivity index (χ0n) is 22.4. The third-order valence-corrected chi connectivity index (χ3v) is 10.2. The molecule has 0 radical (unpaired) electrons. The second-order valence-electron chi connectivity index (χ2n) is 11.2. The average Bonchev–Trinajstić information content (AvgIpc) is 3.40. The number of para-hydroxylation sites is 1. The molecule has 0 amide bonds. The second-order valence-corrected chi connectivity index (χ2v) is 12.4. The molecule has 0 spiro atoms. The highest BCUT2D eigenvalue weighted by molar-refractivity contribution is 8.00. The number of aromatic nitrogens is 2. The number of pyridine rings is 2. The van der Waals surface area contributed by atoms with Gasteiger partial charge in [-0.1, -0.05) is 60.7 Å². The van der Waals surface area contributed by atoms with Crippen LogP contribution in [0.4, 0.5) is 11.4 Å². The molecule has 198 valence electrons. The number of fused-ring (bicyclic) bond motifs is 7. The molecule has 4 unspecified atom stereocenters. The molecule has 0 saturated carbocycles. The molecule has 2 aliphatic heterocycles. The highest BCUT2D eigenvalue weighted by Gasteiger charge is 2.37. The Morgan fingerprint density at radius 2 is 1.68 bits per heavy atom. The normalized spacial score (nSPS) is 23.7. The van der Waals surface area contributed by atoms with Crippen LogP contribution in [0.3, 0.4) is 0 Å². The smallest absolute Gasteiger partial charge is 0.124 e. The Kier molecular flexibility index (Phi) is 5.18. The summed E-state index contributed by atoms with van der Waals surface area (Å²) in [5, 5.41) is 2.52. The van der Waals surface area contributed by atoms with Crippen LogP contribution in [0.1, 0.15) is 24.3 Å². The van der Waals surface area contributed by atoms with E-state index in [9.17, 15) is 0 Å². The summed E-state index contributed by atoms with van der Waals surface area (Å²) in [6.07, 6.45) is 19.7. The van der Waals surface area contributed by atoms with Gasteiger partial charge in [-0.15, -0.1) is 11.8 Å². The number of ether oxygens (including phenoxy) is 1. The van der Waals surface area contributed by atoms with Crippen molar-refractivity contribution >= 4 is 44.9 Å². The number of anilines is 2. The number of benzene rings is 3. The molecule has 2 aromatic heterocycles. The Morgan fingerprint density at radius 1 is 0.829 bits per heavy atom. The number of rotatable bonds is 2. The lowest BCUT2D eigenvalue weighted by Gasteiger charge is -2.42. The maximum Gasteiger partial charge on any atom is 0.124 e. The quantitative estimate of drug-likeness (QED) is 0.163. The molecule has 4 atom stereocenters. The minimum Gasteiger partial charge on any atom is -0.485 e. The van der Waals surface area contributed by atoms with Gasteiger partial charge in [-0.3, -0.25) is 9.97 Å². The lowest BCUT2D eigenvalue weighted by Crippen LogP contribution is -2.41. The van der Waals surface area contributed by atoms with Gasteiger partial charge in [-0.25, -0.2) is 0 Å². The molecular formula is C36H27N3OS. The summed E-state index contributed by atoms with van der Waals surface area (Å²) >= 11 is 1.94. The third-order valence-electron chi connectivity index (χ3n) is 8.92. The van der Waals surface area contributed by atoms with Gasteiger partial charge >= 0.3 is 0 Å². The van der Waals surface area contributed by atoms with Gasteiger partial charge in [-0.05, 0) is 60.9 Å². The molecule has 41 heavy (non-hydrogen) atoms. The van der Waals surface area contributed by atoms with E-state index in [1.807, 2.05) is 36.3 Å². The molecule has 2 aliphatic carbocycles. The van der Waals surface area contributed by atoms with Gasteiger partial charge in [-0.2, -0.15) is 0 Å². The fourth-order valence-corrected chi connectivity index (χ4v) is 8.39. The van der Waals surface area contributed by atoms with Crippen LogP contribution in [0.5, 0.6) is 5.75 Å². The van der Waals surface area contributed by atoms with Gasteiger partial charge in [0.1, 0.15) is 11.9 Å². The van der Waals surface area contributed by atoms with Gasteiger partial charge < -0.3 is 9.64 Å². The summed E-state index contributed by atoms with van der Waals surface area (Å²) in [4.78, 5) is 13.9. The molecule has 9 rings (SSSR count). The van der Waals surface area contributed by atoms with Crippen LogP contribution in [-0.2, 0) is 0 Å². The lowest BCUT2D eigenvalue weighted by molar-refractivity contribution is 0.244. The lowest BCUT2D eigenvalue weighted by atomic mass is 9.86. The van der Waals surface area contributed by atoms with E-state index < -0.39 is 0 Å². The van der Waals surface area contributed by atoms with Crippen molar-refractivity contribution in [2.45, 2.75) is 41.1 Å². The van der Waals surface area contributed by atoms with Crippen molar-refractivity contribution in [1.82, 2.24) is 9.97 Å². The standard InChI is InChI=1S/C36H27N3OS/c1-4-14-29-23(9-1)24-18-17-22(21-30(24)40-29)33-25-10-7-20-38-35(25)36(26-11-8-19-37-34(26)33)39-27-12-2-5-15-31(27)41-32-16-6-3-13-28(32)39/h2-8,10-21,23,27,29,31H,1,9H2. The Labute approximate surface area is 243 Å².